The summed E-state index contributed by atoms with van der Waals surface area (Å²) in [5.41, 5.74) is 6.96. The van der Waals surface area contributed by atoms with Crippen molar-refractivity contribution in [2.24, 2.45) is 0 Å². The lowest BCUT2D eigenvalue weighted by molar-refractivity contribution is 0.679. The first-order chi connectivity index (χ1) is 8.47. The Hall–Kier alpha value is -2.08. The standard InChI is InChI=1S/C12H14N4OS/c1-18(14,17)9-5-6-10(13)11(8-9)16-12-4-2-3-7-15-12/h2-8,14H,13H2,1H3,(H,15,16). The normalized spacial score (nSPS) is 13.8. The van der Waals surface area contributed by atoms with Gasteiger partial charge in [0.25, 0.3) is 0 Å². The number of aromatic nitrogens is 1. The third kappa shape index (κ3) is 2.78. The molecule has 18 heavy (non-hydrogen) atoms. The lowest BCUT2D eigenvalue weighted by Crippen LogP contribution is -2.01. The molecule has 94 valence electrons. The second kappa shape index (κ2) is 4.66. The molecule has 5 nitrogen and oxygen atoms in total. The molecular weight excluding hydrogens is 248 g/mol. The third-order valence-electron chi connectivity index (χ3n) is 2.40. The fraction of sp³-hybridized carbons (Fsp3) is 0.0833. The fourth-order valence-electron chi connectivity index (χ4n) is 1.46. The van der Waals surface area contributed by atoms with Gasteiger partial charge < -0.3 is 11.1 Å². The van der Waals surface area contributed by atoms with Crippen LogP contribution in [0.5, 0.6) is 0 Å². The molecule has 1 aromatic heterocycles. The molecular formula is C12H14N4OS. The van der Waals surface area contributed by atoms with E-state index >= 15 is 0 Å². The van der Waals surface area contributed by atoms with Crippen molar-refractivity contribution in [1.29, 1.82) is 4.78 Å². The predicted octanol–water partition coefficient (Wildman–Crippen LogP) is 2.44. The molecule has 0 aliphatic carbocycles. The molecule has 1 aromatic carbocycles. The Kier molecular flexibility index (Phi) is 3.20. The number of nitrogens with two attached hydrogens (primary N) is 1. The summed E-state index contributed by atoms with van der Waals surface area (Å²) in [5.74, 6) is 0.647. The number of nitrogens with one attached hydrogen (secondary N) is 2. The highest BCUT2D eigenvalue weighted by Gasteiger charge is 2.07. The number of nitrogens with zero attached hydrogens (tertiary/aromatic N) is 1. The van der Waals surface area contributed by atoms with Crippen molar-refractivity contribution < 1.29 is 4.21 Å². The van der Waals surface area contributed by atoms with Gasteiger partial charge in [0, 0.05) is 17.3 Å². The van der Waals surface area contributed by atoms with Gasteiger partial charge in [-0.2, -0.15) is 0 Å². The number of benzene rings is 1. The van der Waals surface area contributed by atoms with Gasteiger partial charge in [0.1, 0.15) is 5.82 Å². The Balaban J connectivity index is 2.39. The van der Waals surface area contributed by atoms with Gasteiger partial charge in [0.2, 0.25) is 0 Å². The summed E-state index contributed by atoms with van der Waals surface area (Å²) in [6.45, 7) is 0. The molecule has 1 heterocycles. The Morgan fingerprint density at radius 2 is 2.11 bits per heavy atom. The molecule has 0 radical (unpaired) electrons. The molecule has 2 rings (SSSR count). The molecule has 0 saturated carbocycles. The first kappa shape index (κ1) is 12.4. The quantitative estimate of drug-likeness (QED) is 0.741. The average Bonchev–Trinajstić information content (AvgIpc) is 2.32. The molecule has 0 aliphatic rings. The molecule has 0 spiro atoms. The Bertz CT molecular complexity index is 653. The summed E-state index contributed by atoms with van der Waals surface area (Å²) >= 11 is 0. The van der Waals surface area contributed by atoms with Gasteiger partial charge in [0.05, 0.1) is 21.1 Å². The molecule has 6 heteroatoms. The van der Waals surface area contributed by atoms with Crippen molar-refractivity contribution in [2.75, 3.05) is 17.3 Å². The molecule has 1 atom stereocenters. The SMILES string of the molecule is CS(=N)(=O)c1ccc(N)c(Nc2ccccn2)c1. The Morgan fingerprint density at radius 3 is 2.72 bits per heavy atom. The lowest BCUT2D eigenvalue weighted by atomic mass is 10.2. The van der Waals surface area contributed by atoms with E-state index in [1.165, 1.54) is 6.26 Å². The van der Waals surface area contributed by atoms with Crippen molar-refractivity contribution in [2.45, 2.75) is 4.90 Å². The summed E-state index contributed by atoms with van der Waals surface area (Å²) in [4.78, 5) is 4.56. The Morgan fingerprint density at radius 1 is 1.33 bits per heavy atom. The zero-order valence-corrected chi connectivity index (χ0v) is 10.7. The van der Waals surface area contributed by atoms with E-state index in [0.717, 1.165) is 0 Å². The number of hydrogen-bond acceptors (Lipinski definition) is 5. The van der Waals surface area contributed by atoms with Crippen LogP contribution in [0.1, 0.15) is 0 Å². The van der Waals surface area contributed by atoms with Crippen LogP contribution in [0, 0.1) is 4.78 Å². The zero-order chi connectivity index (χ0) is 13.2. The van der Waals surface area contributed by atoms with Crippen LogP contribution in [0.15, 0.2) is 47.5 Å². The van der Waals surface area contributed by atoms with Crippen LogP contribution in [-0.4, -0.2) is 15.4 Å². The van der Waals surface area contributed by atoms with Gasteiger partial charge >= 0.3 is 0 Å². The highest BCUT2D eigenvalue weighted by molar-refractivity contribution is 7.91. The molecule has 1 unspecified atom stereocenters. The van der Waals surface area contributed by atoms with Crippen molar-refractivity contribution in [3.63, 3.8) is 0 Å². The van der Waals surface area contributed by atoms with Crippen LogP contribution in [-0.2, 0) is 9.73 Å². The van der Waals surface area contributed by atoms with Gasteiger partial charge in [-0.1, -0.05) is 6.07 Å². The van der Waals surface area contributed by atoms with Gasteiger partial charge in [-0.15, -0.1) is 0 Å². The van der Waals surface area contributed by atoms with Gasteiger partial charge in [0.15, 0.2) is 0 Å². The van der Waals surface area contributed by atoms with Crippen LogP contribution in [0.3, 0.4) is 0 Å². The Labute approximate surface area is 106 Å². The summed E-state index contributed by atoms with van der Waals surface area (Å²) in [7, 11) is -2.75. The lowest BCUT2D eigenvalue weighted by Gasteiger charge is -2.10. The zero-order valence-electron chi connectivity index (χ0n) is 9.88. The molecule has 0 saturated heterocycles. The van der Waals surface area contributed by atoms with Crippen LogP contribution in [0.2, 0.25) is 0 Å². The summed E-state index contributed by atoms with van der Waals surface area (Å²) in [6.07, 6.45) is 3.04. The first-order valence-corrected chi connectivity index (χ1v) is 7.25. The molecule has 0 fully saturated rings. The summed E-state index contributed by atoms with van der Waals surface area (Å²) in [6, 6.07) is 10.3. The van der Waals surface area contributed by atoms with E-state index < -0.39 is 9.73 Å². The number of rotatable bonds is 3. The molecule has 4 N–H and O–H groups in total. The number of pyridine rings is 1. The maximum Gasteiger partial charge on any atom is 0.130 e. The topological polar surface area (TPSA) is 91.9 Å². The fourth-order valence-corrected chi connectivity index (χ4v) is 2.13. The third-order valence-corrected chi connectivity index (χ3v) is 3.56. The van der Waals surface area contributed by atoms with Gasteiger partial charge in [-0.25, -0.2) is 14.0 Å². The monoisotopic (exact) mass is 262 g/mol. The highest BCUT2D eigenvalue weighted by Crippen LogP contribution is 2.25. The van der Waals surface area contributed by atoms with E-state index in [-0.39, 0.29) is 0 Å². The van der Waals surface area contributed by atoms with Crippen molar-refractivity contribution >= 4 is 26.9 Å². The minimum absolute atomic E-state index is 0.440. The minimum Gasteiger partial charge on any atom is -0.397 e. The smallest absolute Gasteiger partial charge is 0.130 e. The van der Waals surface area contributed by atoms with E-state index in [4.69, 9.17) is 10.5 Å². The first-order valence-electron chi connectivity index (χ1n) is 5.28. The van der Waals surface area contributed by atoms with Crippen LogP contribution < -0.4 is 11.1 Å². The van der Waals surface area contributed by atoms with Gasteiger partial charge in [-0.3, -0.25) is 0 Å². The highest BCUT2D eigenvalue weighted by atomic mass is 32.2. The number of anilines is 3. The number of hydrogen-bond donors (Lipinski definition) is 3. The molecule has 0 aliphatic heterocycles. The van der Waals surface area contributed by atoms with Crippen molar-refractivity contribution in [3.8, 4) is 0 Å². The van der Waals surface area contributed by atoms with Crippen LogP contribution in [0.25, 0.3) is 0 Å². The molecule has 0 bridgehead atoms. The van der Waals surface area contributed by atoms with E-state index in [0.29, 0.717) is 22.1 Å². The summed E-state index contributed by atoms with van der Waals surface area (Å²) in [5, 5.41) is 3.04. The van der Waals surface area contributed by atoms with E-state index in [1.807, 2.05) is 12.1 Å². The molecule has 0 amide bonds. The van der Waals surface area contributed by atoms with E-state index in [9.17, 15) is 4.21 Å². The average molecular weight is 262 g/mol. The van der Waals surface area contributed by atoms with Crippen molar-refractivity contribution in [3.05, 3.63) is 42.6 Å². The van der Waals surface area contributed by atoms with Crippen LogP contribution >= 0.6 is 0 Å². The van der Waals surface area contributed by atoms with E-state index in [2.05, 4.69) is 10.3 Å². The second-order valence-electron chi connectivity index (χ2n) is 3.93. The minimum atomic E-state index is -2.75. The van der Waals surface area contributed by atoms with Gasteiger partial charge in [-0.05, 0) is 30.3 Å². The second-order valence-corrected chi connectivity index (χ2v) is 6.09. The predicted molar refractivity (Wildman–Crippen MR) is 73.4 cm³/mol. The largest absolute Gasteiger partial charge is 0.397 e. The summed E-state index contributed by atoms with van der Waals surface area (Å²) < 4.78 is 19.3. The number of nitrogen functional groups attached to an aromatic ring is 1. The maximum atomic E-state index is 11.7. The molecule has 2 aromatic rings. The van der Waals surface area contributed by atoms with Crippen molar-refractivity contribution in [1.82, 2.24) is 4.98 Å². The van der Waals surface area contributed by atoms with E-state index in [1.54, 1.807) is 30.5 Å². The maximum absolute atomic E-state index is 11.7. The van der Waals surface area contributed by atoms with Crippen LogP contribution in [0.4, 0.5) is 17.2 Å².